The highest BCUT2D eigenvalue weighted by Crippen LogP contribution is 2.35. The summed E-state index contributed by atoms with van der Waals surface area (Å²) < 4.78 is 5.82. The van der Waals surface area contributed by atoms with Crippen molar-refractivity contribution in [3.63, 3.8) is 0 Å². The topological polar surface area (TPSA) is 66.8 Å². The van der Waals surface area contributed by atoms with E-state index in [1.807, 2.05) is 18.2 Å². The number of aliphatic carboxylic acids is 1. The summed E-state index contributed by atoms with van der Waals surface area (Å²) in [6.07, 6.45) is 3.59. The maximum atomic E-state index is 12.6. The van der Waals surface area contributed by atoms with Gasteiger partial charge in [0.2, 0.25) is 0 Å². The van der Waals surface area contributed by atoms with E-state index >= 15 is 0 Å². The van der Waals surface area contributed by atoms with Gasteiger partial charge in [-0.2, -0.15) is 0 Å². The first kappa shape index (κ1) is 18.2. The number of carboxylic acids is 1. The predicted molar refractivity (Wildman–Crippen MR) is 98.9 cm³/mol. The first-order chi connectivity index (χ1) is 11.5. The fourth-order valence-corrected chi connectivity index (χ4v) is 3.58. The molecule has 1 N–H and O–H groups in total. The van der Waals surface area contributed by atoms with E-state index < -0.39 is 17.9 Å². The molecule has 7 heteroatoms. The van der Waals surface area contributed by atoms with E-state index in [0.717, 1.165) is 17.3 Å². The number of hydrogen-bond donors (Lipinski definition) is 1. The van der Waals surface area contributed by atoms with E-state index in [9.17, 15) is 14.7 Å². The van der Waals surface area contributed by atoms with Crippen molar-refractivity contribution in [2.45, 2.75) is 19.4 Å². The zero-order valence-electron chi connectivity index (χ0n) is 13.1. The minimum atomic E-state index is -1.07. The molecule has 1 aromatic rings. The Morgan fingerprint density at radius 2 is 2.21 bits per heavy atom. The summed E-state index contributed by atoms with van der Waals surface area (Å²) in [6, 6.07) is 6.33. The molecule has 0 spiro atoms. The molecule has 5 nitrogen and oxygen atoms in total. The molecule has 1 saturated heterocycles. The van der Waals surface area contributed by atoms with Crippen LogP contribution in [0, 0.1) is 0 Å². The Bertz CT molecular complexity index is 714. The van der Waals surface area contributed by atoms with Gasteiger partial charge in [0.1, 0.15) is 22.7 Å². The summed E-state index contributed by atoms with van der Waals surface area (Å²) in [5, 5.41) is 9.27. The maximum absolute atomic E-state index is 12.6. The Balaban J connectivity index is 2.32. The quantitative estimate of drug-likeness (QED) is 0.455. The summed E-state index contributed by atoms with van der Waals surface area (Å²) in [5.74, 6) is -0.838. The molecular weight excluding hydrogens is 346 g/mol. The van der Waals surface area contributed by atoms with Crippen LogP contribution in [0.3, 0.4) is 0 Å². The fraction of sp³-hybridized carbons (Fsp3) is 0.235. The van der Waals surface area contributed by atoms with E-state index in [0.29, 0.717) is 17.3 Å². The number of thioether (sulfide) groups is 1. The van der Waals surface area contributed by atoms with Crippen molar-refractivity contribution in [3.05, 3.63) is 47.4 Å². The molecule has 1 fully saturated rings. The van der Waals surface area contributed by atoms with Gasteiger partial charge in [0.25, 0.3) is 5.91 Å². The highest BCUT2D eigenvalue weighted by molar-refractivity contribution is 8.26. The largest absolute Gasteiger partial charge is 0.489 e. The van der Waals surface area contributed by atoms with Crippen LogP contribution in [-0.4, -0.2) is 38.9 Å². The molecule has 0 unspecified atom stereocenters. The monoisotopic (exact) mass is 363 g/mol. The summed E-state index contributed by atoms with van der Waals surface area (Å²) in [6.45, 7) is 5.67. The smallest absolute Gasteiger partial charge is 0.326 e. The van der Waals surface area contributed by atoms with Gasteiger partial charge in [0, 0.05) is 5.56 Å². The molecule has 1 heterocycles. The van der Waals surface area contributed by atoms with Gasteiger partial charge in [0.15, 0.2) is 0 Å². The summed E-state index contributed by atoms with van der Waals surface area (Å²) in [7, 11) is 0. The number of carbonyl (C=O) groups is 2. The second-order valence-corrected chi connectivity index (χ2v) is 6.63. The summed E-state index contributed by atoms with van der Waals surface area (Å²) >= 11 is 6.29. The van der Waals surface area contributed by atoms with E-state index in [1.54, 1.807) is 25.1 Å². The lowest BCUT2D eigenvalue weighted by Crippen LogP contribution is -2.43. The van der Waals surface area contributed by atoms with Gasteiger partial charge in [-0.3, -0.25) is 9.69 Å². The van der Waals surface area contributed by atoms with Crippen LogP contribution in [-0.2, 0) is 9.59 Å². The van der Waals surface area contributed by atoms with Crippen LogP contribution in [0.1, 0.15) is 18.9 Å². The van der Waals surface area contributed by atoms with Crippen molar-refractivity contribution in [1.29, 1.82) is 0 Å². The molecule has 0 saturated carbocycles. The highest BCUT2D eigenvalue weighted by atomic mass is 32.2. The van der Waals surface area contributed by atoms with Gasteiger partial charge in [-0.05, 0) is 18.6 Å². The van der Waals surface area contributed by atoms with Crippen molar-refractivity contribution < 1.29 is 19.4 Å². The number of benzene rings is 1. The molecule has 0 aliphatic carbocycles. The van der Waals surface area contributed by atoms with Crippen LogP contribution in [0.25, 0.3) is 6.08 Å². The first-order valence-corrected chi connectivity index (χ1v) is 8.54. The third-order valence-corrected chi connectivity index (χ3v) is 4.70. The Kier molecular flexibility index (Phi) is 6.16. The molecule has 126 valence electrons. The summed E-state index contributed by atoms with van der Waals surface area (Å²) in [4.78, 5) is 25.5. The highest BCUT2D eigenvalue weighted by Gasteiger charge is 2.39. The van der Waals surface area contributed by atoms with Crippen LogP contribution >= 0.6 is 24.0 Å². The third kappa shape index (κ3) is 3.85. The lowest BCUT2D eigenvalue weighted by Gasteiger charge is -2.21. The van der Waals surface area contributed by atoms with Crippen LogP contribution in [0.5, 0.6) is 5.75 Å². The molecule has 1 atom stereocenters. The minimum absolute atomic E-state index is 0.255. The molecule has 1 aliphatic rings. The lowest BCUT2D eigenvalue weighted by molar-refractivity contribution is -0.145. The number of para-hydroxylation sites is 1. The molecule has 1 aliphatic heterocycles. The molecule has 0 aromatic heterocycles. The van der Waals surface area contributed by atoms with E-state index in [4.69, 9.17) is 17.0 Å². The zero-order chi connectivity index (χ0) is 17.7. The lowest BCUT2D eigenvalue weighted by atomic mass is 10.1. The number of hydrogen-bond acceptors (Lipinski definition) is 5. The number of thiocarbonyl (C=S) groups is 1. The fourth-order valence-electron chi connectivity index (χ4n) is 2.24. The van der Waals surface area contributed by atoms with Crippen molar-refractivity contribution >= 4 is 46.3 Å². The molecule has 0 radical (unpaired) electrons. The number of nitrogens with zero attached hydrogens (tertiary/aromatic N) is 1. The number of carbonyl (C=O) groups excluding carboxylic acids is 1. The molecular formula is C17H17NO4S2. The summed E-state index contributed by atoms with van der Waals surface area (Å²) in [5.41, 5.74) is 0.725. The van der Waals surface area contributed by atoms with Gasteiger partial charge in [-0.25, -0.2) is 4.79 Å². The Labute approximate surface area is 150 Å². The van der Waals surface area contributed by atoms with Crippen LogP contribution in [0.4, 0.5) is 0 Å². The first-order valence-electron chi connectivity index (χ1n) is 7.32. The second-order valence-electron chi connectivity index (χ2n) is 4.95. The van der Waals surface area contributed by atoms with Gasteiger partial charge < -0.3 is 9.84 Å². The average molecular weight is 363 g/mol. The van der Waals surface area contributed by atoms with Crippen molar-refractivity contribution in [1.82, 2.24) is 4.90 Å². The van der Waals surface area contributed by atoms with Crippen LogP contribution in [0.2, 0.25) is 0 Å². The van der Waals surface area contributed by atoms with E-state index in [-0.39, 0.29) is 10.7 Å². The van der Waals surface area contributed by atoms with Crippen LogP contribution in [0.15, 0.2) is 41.8 Å². The van der Waals surface area contributed by atoms with Gasteiger partial charge in [0.05, 0.1) is 4.91 Å². The van der Waals surface area contributed by atoms with Crippen LogP contribution < -0.4 is 4.74 Å². The number of ether oxygens (including phenoxy) is 1. The van der Waals surface area contributed by atoms with Gasteiger partial charge in [-0.15, -0.1) is 0 Å². The normalized spacial score (nSPS) is 17.2. The number of rotatable bonds is 7. The second kappa shape index (κ2) is 8.12. The Hall–Kier alpha value is -2.12. The van der Waals surface area contributed by atoms with E-state index in [1.165, 1.54) is 4.90 Å². The van der Waals surface area contributed by atoms with Crippen molar-refractivity contribution in [3.8, 4) is 5.75 Å². The van der Waals surface area contributed by atoms with E-state index in [2.05, 4.69) is 6.58 Å². The SMILES string of the molecule is C=CCOc1ccccc1/C=C1/SC(=S)N([C@H](CC)C(=O)O)C1=O. The minimum Gasteiger partial charge on any atom is -0.489 e. The van der Waals surface area contributed by atoms with Gasteiger partial charge in [-0.1, -0.05) is 61.8 Å². The van der Waals surface area contributed by atoms with Gasteiger partial charge >= 0.3 is 5.97 Å². The molecule has 1 aromatic carbocycles. The average Bonchev–Trinajstić information content (AvgIpc) is 2.82. The Morgan fingerprint density at radius 1 is 1.50 bits per heavy atom. The predicted octanol–water partition coefficient (Wildman–Crippen LogP) is 3.32. The zero-order valence-corrected chi connectivity index (χ0v) is 14.7. The standard InChI is InChI=1S/C17H17NO4S2/c1-3-9-22-13-8-6-5-7-11(13)10-14-15(19)18(17(23)24-14)12(4-2)16(20)21/h3,5-8,10,12H,1,4,9H2,2H3,(H,20,21)/b14-10+/t12-/m1/s1. The number of amides is 1. The molecule has 1 amide bonds. The number of carboxylic acid groups (broad SMARTS) is 1. The maximum Gasteiger partial charge on any atom is 0.326 e. The van der Waals surface area contributed by atoms with Crippen molar-refractivity contribution in [2.24, 2.45) is 0 Å². The molecule has 0 bridgehead atoms. The molecule has 24 heavy (non-hydrogen) atoms. The molecule has 2 rings (SSSR count). The third-order valence-electron chi connectivity index (χ3n) is 3.37. The van der Waals surface area contributed by atoms with Crippen molar-refractivity contribution in [2.75, 3.05) is 6.61 Å². The Morgan fingerprint density at radius 3 is 2.83 bits per heavy atom.